The first kappa shape index (κ1) is 27.5. The van der Waals surface area contributed by atoms with E-state index in [0.29, 0.717) is 12.3 Å². The molecule has 12 nitrogen and oxygen atoms in total. The van der Waals surface area contributed by atoms with Gasteiger partial charge >= 0.3 is 18.6 Å². The summed E-state index contributed by atoms with van der Waals surface area (Å²) in [4.78, 5) is 29.7. The number of rotatable bonds is 10. The van der Waals surface area contributed by atoms with Crippen molar-refractivity contribution in [1.29, 1.82) is 0 Å². The predicted molar refractivity (Wildman–Crippen MR) is 129 cm³/mol. The fourth-order valence-corrected chi connectivity index (χ4v) is 5.86. The molecule has 194 valence electrons. The van der Waals surface area contributed by atoms with Crippen LogP contribution in [0.3, 0.4) is 0 Å². The quantitative estimate of drug-likeness (QED) is 0.253. The van der Waals surface area contributed by atoms with Gasteiger partial charge in [-0.3, -0.25) is 14.7 Å². The molecule has 14 heteroatoms. The van der Waals surface area contributed by atoms with Crippen LogP contribution in [0.1, 0.15) is 27.7 Å². The summed E-state index contributed by atoms with van der Waals surface area (Å²) >= 11 is 5.63. The lowest BCUT2D eigenvalue weighted by atomic mass is 9.96. The van der Waals surface area contributed by atoms with Crippen LogP contribution in [0.15, 0.2) is 36.8 Å². The summed E-state index contributed by atoms with van der Waals surface area (Å²) in [5, 5.41) is 27.2. The summed E-state index contributed by atoms with van der Waals surface area (Å²) < 4.78 is 22.8. The Morgan fingerprint density at radius 3 is 2.86 bits per heavy atom. The van der Waals surface area contributed by atoms with Crippen LogP contribution < -0.4 is 14.9 Å². The number of amides is 2. The maximum absolute atomic E-state index is 12.3. The number of nitrogens with one attached hydrogen (secondary N) is 2. The largest absolute Gasteiger partial charge is 0.462 e. The van der Waals surface area contributed by atoms with Crippen LogP contribution in [0.5, 0.6) is 5.75 Å². The minimum Gasteiger partial charge on any atom is -0.462 e. The van der Waals surface area contributed by atoms with Gasteiger partial charge < -0.3 is 34.1 Å². The Morgan fingerprint density at radius 2 is 2.23 bits per heavy atom. The maximum atomic E-state index is 12.3. The van der Waals surface area contributed by atoms with Crippen molar-refractivity contribution in [2.24, 2.45) is 0 Å². The van der Waals surface area contributed by atoms with Crippen molar-refractivity contribution >= 4 is 30.4 Å². The normalized spacial score (nSPS) is 28.9. The summed E-state index contributed by atoms with van der Waals surface area (Å²) in [7, 11) is 0. The Balaban J connectivity index is 1.75. The molecule has 0 aromatic carbocycles. The monoisotopic (exact) mass is 530 g/mol. The number of carbonyl (C=O) groups is 2. The molecule has 1 aromatic heterocycles. The molecule has 1 fully saturated rings. The molecule has 4 N–H and O–H groups in total. The third kappa shape index (κ3) is 6.76. The topological polar surface area (TPSA) is 152 Å². The second-order valence-corrected chi connectivity index (χ2v) is 11.7. The summed E-state index contributed by atoms with van der Waals surface area (Å²) in [6.07, 6.45) is 2.18. The van der Waals surface area contributed by atoms with Crippen molar-refractivity contribution in [2.75, 3.05) is 13.2 Å². The van der Waals surface area contributed by atoms with Gasteiger partial charge in [0.05, 0.1) is 18.9 Å². The SMILES string of the molecule is CC(C)OC(=O)C(C)NP(=S)(OCC1OC(N2C=CCNC2=O)C(C)(O)C1O)Oc1cccnc1. The molecule has 3 heterocycles. The zero-order chi connectivity index (χ0) is 25.8. The zero-order valence-corrected chi connectivity index (χ0v) is 21.6. The van der Waals surface area contributed by atoms with Crippen molar-refractivity contribution in [3.63, 3.8) is 0 Å². The van der Waals surface area contributed by atoms with E-state index in [1.165, 1.54) is 19.3 Å². The van der Waals surface area contributed by atoms with E-state index in [1.807, 2.05) is 0 Å². The van der Waals surface area contributed by atoms with Gasteiger partial charge in [-0.1, -0.05) is 0 Å². The molecule has 6 unspecified atom stereocenters. The Hall–Kier alpha value is -2.12. The van der Waals surface area contributed by atoms with Crippen molar-refractivity contribution < 1.29 is 38.3 Å². The van der Waals surface area contributed by atoms with Crippen molar-refractivity contribution in [1.82, 2.24) is 20.3 Å². The molecule has 0 spiro atoms. The standard InChI is InChI=1S/C21H31N4O8PS/c1-13(2)31-18(27)14(3)24-34(35,33-15-7-5-8-22-11-15)30-12-16-17(26)21(4,29)19(32-16)25-10-6-9-23-20(25)28/h5-8,10-11,13-14,16-17,19,26,29H,9,12H2,1-4H3,(H,23,28)(H,24,35). The van der Waals surface area contributed by atoms with E-state index in [-0.39, 0.29) is 12.7 Å². The van der Waals surface area contributed by atoms with Crippen LogP contribution in [0, 0.1) is 0 Å². The van der Waals surface area contributed by atoms with Gasteiger partial charge in [-0.05, 0) is 57.7 Å². The average Bonchev–Trinajstić information content (AvgIpc) is 3.01. The lowest BCUT2D eigenvalue weighted by Crippen LogP contribution is -2.56. The Bertz CT molecular complexity index is 979. The fraction of sp³-hybridized carbons (Fsp3) is 0.571. The number of hydrogen-bond donors (Lipinski definition) is 4. The minimum atomic E-state index is -3.42. The van der Waals surface area contributed by atoms with E-state index in [9.17, 15) is 19.8 Å². The van der Waals surface area contributed by atoms with E-state index in [2.05, 4.69) is 15.4 Å². The maximum Gasteiger partial charge on any atom is 0.323 e. The molecule has 1 aromatic rings. The third-order valence-electron chi connectivity index (χ3n) is 5.20. The van der Waals surface area contributed by atoms with E-state index >= 15 is 0 Å². The van der Waals surface area contributed by atoms with Crippen molar-refractivity contribution in [2.45, 2.75) is 63.9 Å². The molecule has 2 aliphatic heterocycles. The number of urea groups is 1. The van der Waals surface area contributed by atoms with Gasteiger partial charge in [-0.2, -0.15) is 0 Å². The second kappa shape index (κ2) is 11.3. The van der Waals surface area contributed by atoms with Gasteiger partial charge in [-0.15, -0.1) is 0 Å². The van der Waals surface area contributed by atoms with E-state index in [0.717, 1.165) is 4.90 Å². The Morgan fingerprint density at radius 1 is 1.49 bits per heavy atom. The molecular formula is C21H31N4O8PS. The van der Waals surface area contributed by atoms with Crippen molar-refractivity contribution in [3.05, 3.63) is 36.8 Å². The van der Waals surface area contributed by atoms with Gasteiger partial charge in [0.25, 0.3) is 0 Å². The predicted octanol–water partition coefficient (Wildman–Crippen LogP) is 1.01. The molecule has 1 saturated heterocycles. The summed E-state index contributed by atoms with van der Waals surface area (Å²) in [6, 6.07) is 1.93. The first-order chi connectivity index (χ1) is 16.4. The van der Waals surface area contributed by atoms with E-state index < -0.39 is 48.7 Å². The third-order valence-corrected chi connectivity index (χ3v) is 7.70. The number of esters is 1. The number of carbonyl (C=O) groups excluding carboxylic acids is 2. The van der Waals surface area contributed by atoms with Gasteiger partial charge in [0, 0.05) is 18.9 Å². The van der Waals surface area contributed by atoms with Crippen LogP contribution >= 0.6 is 6.64 Å². The number of ether oxygens (including phenoxy) is 2. The zero-order valence-electron chi connectivity index (χ0n) is 19.9. The van der Waals surface area contributed by atoms with Gasteiger partial charge in [0.2, 0.25) is 0 Å². The molecular weight excluding hydrogens is 499 g/mol. The number of nitrogens with zero attached hydrogens (tertiary/aromatic N) is 2. The first-order valence-electron chi connectivity index (χ1n) is 11.0. The molecule has 0 aliphatic carbocycles. The van der Waals surface area contributed by atoms with Gasteiger partial charge in [0.1, 0.15) is 29.6 Å². The van der Waals surface area contributed by atoms with Crippen LogP contribution in [0.25, 0.3) is 0 Å². The number of aliphatic hydroxyl groups is 2. The van der Waals surface area contributed by atoms with Crippen LogP contribution in [0.4, 0.5) is 4.79 Å². The molecule has 35 heavy (non-hydrogen) atoms. The summed E-state index contributed by atoms with van der Waals surface area (Å²) in [5.74, 6) is -0.240. The van der Waals surface area contributed by atoms with Crippen LogP contribution in [-0.4, -0.2) is 81.4 Å². The Kier molecular flexibility index (Phi) is 8.86. The van der Waals surface area contributed by atoms with Crippen LogP contribution in [-0.2, 0) is 30.6 Å². The summed E-state index contributed by atoms with van der Waals surface area (Å²) in [5.41, 5.74) is -1.80. The molecule has 0 saturated carbocycles. The summed E-state index contributed by atoms with van der Waals surface area (Å²) in [6.45, 7) is 3.00. The number of pyridine rings is 1. The molecule has 3 rings (SSSR count). The molecule has 0 radical (unpaired) electrons. The van der Waals surface area contributed by atoms with Crippen molar-refractivity contribution in [3.8, 4) is 5.75 Å². The number of aliphatic hydroxyl groups excluding tert-OH is 1. The van der Waals surface area contributed by atoms with Crippen LogP contribution in [0.2, 0.25) is 0 Å². The van der Waals surface area contributed by atoms with Gasteiger partial charge in [-0.25, -0.2) is 9.88 Å². The number of aromatic nitrogens is 1. The second-order valence-electron chi connectivity index (χ2n) is 8.59. The molecule has 6 atom stereocenters. The fourth-order valence-electron chi connectivity index (χ4n) is 3.46. The first-order valence-corrected chi connectivity index (χ1v) is 13.7. The van der Waals surface area contributed by atoms with Gasteiger partial charge in [0.15, 0.2) is 6.23 Å². The highest BCUT2D eigenvalue weighted by Crippen LogP contribution is 2.46. The highest BCUT2D eigenvalue weighted by atomic mass is 32.5. The molecule has 0 bridgehead atoms. The molecule has 2 aliphatic rings. The number of hydrogen-bond acceptors (Lipinski definition) is 10. The highest BCUT2D eigenvalue weighted by molar-refractivity contribution is 8.09. The lowest BCUT2D eigenvalue weighted by Gasteiger charge is -2.34. The molecule has 2 amide bonds. The highest BCUT2D eigenvalue weighted by Gasteiger charge is 2.55. The lowest BCUT2D eigenvalue weighted by molar-refractivity contribution is -0.149. The van der Waals surface area contributed by atoms with E-state index in [4.69, 9.17) is 30.3 Å². The smallest absolute Gasteiger partial charge is 0.323 e. The van der Waals surface area contributed by atoms with E-state index in [1.54, 1.807) is 45.2 Å². The Labute approximate surface area is 208 Å². The average molecular weight is 531 g/mol. The minimum absolute atomic E-state index is 0.302.